The van der Waals surface area contributed by atoms with E-state index in [1.54, 1.807) is 24.3 Å². The number of allylic oxidation sites excluding steroid dienone is 1. The van der Waals surface area contributed by atoms with E-state index in [9.17, 15) is 9.18 Å². The Kier molecular flexibility index (Phi) is 8.70. The van der Waals surface area contributed by atoms with Gasteiger partial charge in [-0.15, -0.1) is 12.4 Å². The van der Waals surface area contributed by atoms with Crippen LogP contribution in [0.25, 0.3) is 6.08 Å². The van der Waals surface area contributed by atoms with Gasteiger partial charge in [-0.1, -0.05) is 48.5 Å². The van der Waals surface area contributed by atoms with Gasteiger partial charge < -0.3 is 4.90 Å². The first kappa shape index (κ1) is 21.3. The van der Waals surface area contributed by atoms with Crippen molar-refractivity contribution in [2.75, 3.05) is 19.6 Å². The number of hydrogen-bond donors (Lipinski definition) is 0. The Morgan fingerprint density at radius 2 is 1.70 bits per heavy atom. The monoisotopic (exact) mass is 387 g/mol. The highest BCUT2D eigenvalue weighted by atomic mass is 35.5. The zero-order valence-electron chi connectivity index (χ0n) is 15.5. The SMILES string of the molecule is Cl.O=C(C=Cc1ccc(F)cc1)CCN1CCC(Cc2ccccc2)CC1. The number of carbonyl (C=O) groups excluding carboxylic acids is 1. The first-order chi connectivity index (χ1) is 12.7. The van der Waals surface area contributed by atoms with Gasteiger partial charge in [-0.25, -0.2) is 4.39 Å². The fourth-order valence-corrected chi connectivity index (χ4v) is 3.48. The summed E-state index contributed by atoms with van der Waals surface area (Å²) < 4.78 is 12.9. The van der Waals surface area contributed by atoms with E-state index in [1.165, 1.54) is 30.5 Å². The Bertz CT molecular complexity index is 722. The average molecular weight is 388 g/mol. The van der Waals surface area contributed by atoms with Gasteiger partial charge in [0.05, 0.1) is 0 Å². The van der Waals surface area contributed by atoms with Crippen molar-refractivity contribution in [1.29, 1.82) is 0 Å². The quantitative estimate of drug-likeness (QED) is 0.610. The Hall–Kier alpha value is -1.97. The van der Waals surface area contributed by atoms with Gasteiger partial charge in [-0.2, -0.15) is 0 Å². The number of nitrogens with zero attached hydrogens (tertiary/aromatic N) is 1. The van der Waals surface area contributed by atoms with Gasteiger partial charge in [0.25, 0.3) is 0 Å². The van der Waals surface area contributed by atoms with Crippen LogP contribution in [0.4, 0.5) is 4.39 Å². The molecule has 1 saturated heterocycles. The molecule has 3 rings (SSSR count). The highest BCUT2D eigenvalue weighted by Gasteiger charge is 2.19. The van der Waals surface area contributed by atoms with Crippen LogP contribution in [-0.2, 0) is 11.2 Å². The molecule has 1 aliphatic heterocycles. The Balaban J connectivity index is 0.00000261. The molecule has 0 radical (unpaired) electrons. The Labute approximate surface area is 167 Å². The van der Waals surface area contributed by atoms with E-state index in [4.69, 9.17) is 0 Å². The number of piperidine rings is 1. The summed E-state index contributed by atoms with van der Waals surface area (Å²) in [7, 11) is 0. The summed E-state index contributed by atoms with van der Waals surface area (Å²) in [6.07, 6.45) is 7.47. The summed E-state index contributed by atoms with van der Waals surface area (Å²) in [6, 6.07) is 16.9. The van der Waals surface area contributed by atoms with Crippen LogP contribution in [0.3, 0.4) is 0 Å². The van der Waals surface area contributed by atoms with Crippen LogP contribution in [0.5, 0.6) is 0 Å². The number of carbonyl (C=O) groups is 1. The minimum atomic E-state index is -0.260. The van der Waals surface area contributed by atoms with Gasteiger partial charge in [0, 0.05) is 13.0 Å². The second-order valence-electron chi connectivity index (χ2n) is 7.08. The molecule has 1 aliphatic rings. The first-order valence-electron chi connectivity index (χ1n) is 9.42. The lowest BCUT2D eigenvalue weighted by Gasteiger charge is -2.31. The zero-order chi connectivity index (χ0) is 18.2. The zero-order valence-corrected chi connectivity index (χ0v) is 16.3. The largest absolute Gasteiger partial charge is 0.303 e. The topological polar surface area (TPSA) is 20.3 Å². The smallest absolute Gasteiger partial charge is 0.156 e. The normalized spacial score (nSPS) is 15.6. The molecule has 2 nitrogen and oxygen atoms in total. The van der Waals surface area contributed by atoms with E-state index in [0.29, 0.717) is 6.42 Å². The molecule has 2 aromatic rings. The molecule has 0 N–H and O–H groups in total. The van der Waals surface area contributed by atoms with Crippen molar-refractivity contribution in [3.63, 3.8) is 0 Å². The molecule has 0 bridgehead atoms. The van der Waals surface area contributed by atoms with Gasteiger partial charge >= 0.3 is 0 Å². The number of benzene rings is 2. The molecule has 0 saturated carbocycles. The Morgan fingerprint density at radius 1 is 1.04 bits per heavy atom. The summed E-state index contributed by atoms with van der Waals surface area (Å²) in [5, 5.41) is 0. The molecule has 4 heteroatoms. The molecule has 27 heavy (non-hydrogen) atoms. The molecule has 1 heterocycles. The third kappa shape index (κ3) is 7.28. The van der Waals surface area contributed by atoms with Crippen molar-refractivity contribution < 1.29 is 9.18 Å². The number of rotatable bonds is 7. The molecule has 0 spiro atoms. The fourth-order valence-electron chi connectivity index (χ4n) is 3.48. The lowest BCUT2D eigenvalue weighted by atomic mass is 9.90. The van der Waals surface area contributed by atoms with Crippen LogP contribution in [-0.4, -0.2) is 30.3 Å². The van der Waals surface area contributed by atoms with Crippen LogP contribution in [0.15, 0.2) is 60.7 Å². The van der Waals surface area contributed by atoms with Crippen molar-refractivity contribution in [3.05, 3.63) is 77.6 Å². The Morgan fingerprint density at radius 3 is 2.37 bits per heavy atom. The molecular formula is C23H27ClFNO. The van der Waals surface area contributed by atoms with Crippen LogP contribution in [0.2, 0.25) is 0 Å². The summed E-state index contributed by atoms with van der Waals surface area (Å²) >= 11 is 0. The fraction of sp³-hybridized carbons (Fsp3) is 0.348. The van der Waals surface area contributed by atoms with Gasteiger partial charge in [0.1, 0.15) is 5.82 Å². The number of halogens is 2. The summed E-state index contributed by atoms with van der Waals surface area (Å²) in [5.74, 6) is 0.618. The van der Waals surface area contributed by atoms with E-state index in [-0.39, 0.29) is 24.0 Å². The predicted molar refractivity (Wildman–Crippen MR) is 112 cm³/mol. The van der Waals surface area contributed by atoms with E-state index < -0.39 is 0 Å². The van der Waals surface area contributed by atoms with E-state index in [2.05, 4.69) is 35.2 Å². The minimum absolute atomic E-state index is 0. The van der Waals surface area contributed by atoms with Gasteiger partial charge in [-0.05, 0) is 67.6 Å². The molecular weight excluding hydrogens is 361 g/mol. The molecule has 0 atom stereocenters. The lowest BCUT2D eigenvalue weighted by molar-refractivity contribution is -0.114. The van der Waals surface area contributed by atoms with Crippen molar-refractivity contribution in [3.8, 4) is 0 Å². The van der Waals surface area contributed by atoms with Crippen molar-refractivity contribution in [1.82, 2.24) is 4.90 Å². The highest BCUT2D eigenvalue weighted by Crippen LogP contribution is 2.21. The maximum absolute atomic E-state index is 12.9. The summed E-state index contributed by atoms with van der Waals surface area (Å²) in [6.45, 7) is 2.98. The van der Waals surface area contributed by atoms with Crippen LogP contribution in [0, 0.1) is 11.7 Å². The highest BCUT2D eigenvalue weighted by molar-refractivity contribution is 5.93. The standard InChI is InChI=1S/C23H26FNO.ClH/c24-22-9-6-19(7-10-22)8-11-23(26)14-17-25-15-12-21(13-16-25)18-20-4-2-1-3-5-20;/h1-11,21H,12-18H2;1H. The van der Waals surface area contributed by atoms with Gasteiger partial charge in [-0.3, -0.25) is 4.79 Å². The van der Waals surface area contributed by atoms with Crippen LogP contribution in [0.1, 0.15) is 30.4 Å². The van der Waals surface area contributed by atoms with Crippen molar-refractivity contribution in [2.24, 2.45) is 5.92 Å². The van der Waals surface area contributed by atoms with E-state index in [1.807, 2.05) is 0 Å². The molecule has 0 aliphatic carbocycles. The van der Waals surface area contributed by atoms with Gasteiger partial charge in [0.2, 0.25) is 0 Å². The average Bonchev–Trinajstić information content (AvgIpc) is 2.68. The lowest BCUT2D eigenvalue weighted by Crippen LogP contribution is -2.35. The van der Waals surface area contributed by atoms with E-state index in [0.717, 1.165) is 37.5 Å². The maximum atomic E-state index is 12.9. The molecule has 2 aromatic carbocycles. The first-order valence-corrected chi connectivity index (χ1v) is 9.42. The number of likely N-dealkylation sites (tertiary alicyclic amines) is 1. The second kappa shape index (κ2) is 11.0. The second-order valence-corrected chi connectivity index (χ2v) is 7.08. The minimum Gasteiger partial charge on any atom is -0.303 e. The molecule has 1 fully saturated rings. The molecule has 144 valence electrons. The van der Waals surface area contributed by atoms with Crippen molar-refractivity contribution in [2.45, 2.75) is 25.7 Å². The molecule has 0 unspecified atom stereocenters. The maximum Gasteiger partial charge on any atom is 0.156 e. The summed E-state index contributed by atoms with van der Waals surface area (Å²) in [4.78, 5) is 14.4. The third-order valence-electron chi connectivity index (χ3n) is 5.08. The van der Waals surface area contributed by atoms with Crippen LogP contribution < -0.4 is 0 Å². The van der Waals surface area contributed by atoms with E-state index >= 15 is 0 Å². The predicted octanol–water partition coefficient (Wildman–Crippen LogP) is 5.17. The summed E-state index contributed by atoms with van der Waals surface area (Å²) in [5.41, 5.74) is 2.27. The number of hydrogen-bond acceptors (Lipinski definition) is 2. The molecule has 0 aromatic heterocycles. The van der Waals surface area contributed by atoms with Gasteiger partial charge in [0.15, 0.2) is 5.78 Å². The van der Waals surface area contributed by atoms with Crippen LogP contribution >= 0.6 is 12.4 Å². The van der Waals surface area contributed by atoms with Crippen molar-refractivity contribution >= 4 is 24.3 Å². The third-order valence-corrected chi connectivity index (χ3v) is 5.08. The number of ketones is 1. The molecule has 0 amide bonds.